The number of hydrogen-bond donors (Lipinski definition) is 0. The summed E-state index contributed by atoms with van der Waals surface area (Å²) in [6, 6.07) is 5.65. The molecule has 7 rings (SSSR count). The molecule has 1 aromatic carbocycles. The predicted octanol–water partition coefficient (Wildman–Crippen LogP) is 6.70. The SMILES string of the molecule is O=C1CSC(c2cccc(Cl)c2Cl)N1c1nc(C23CC4CC(CC(C4)C2)C3)cs1. The van der Waals surface area contributed by atoms with E-state index >= 15 is 0 Å². The number of amides is 1. The summed E-state index contributed by atoms with van der Waals surface area (Å²) in [6.07, 6.45) is 8.13. The molecular weight excluding hydrogens is 443 g/mol. The first-order valence-electron chi connectivity index (χ1n) is 10.4. The van der Waals surface area contributed by atoms with Gasteiger partial charge in [0, 0.05) is 16.4 Å². The first kappa shape index (κ1) is 19.0. The molecule has 1 aliphatic heterocycles. The molecule has 5 aliphatic rings. The first-order chi connectivity index (χ1) is 14.0. The lowest BCUT2D eigenvalue weighted by molar-refractivity contribution is -0.115. The van der Waals surface area contributed by atoms with Gasteiger partial charge in [-0.1, -0.05) is 35.3 Å². The molecule has 4 aliphatic carbocycles. The number of anilines is 1. The number of benzene rings is 1. The summed E-state index contributed by atoms with van der Waals surface area (Å²) < 4.78 is 0. The molecule has 29 heavy (non-hydrogen) atoms. The number of rotatable bonds is 3. The Morgan fingerprint density at radius 2 is 1.76 bits per heavy atom. The Kier molecular flexibility index (Phi) is 4.50. The fourth-order valence-corrected chi connectivity index (χ4v) is 9.33. The van der Waals surface area contributed by atoms with Crippen molar-refractivity contribution in [2.45, 2.75) is 49.3 Å². The maximum atomic E-state index is 12.8. The lowest BCUT2D eigenvalue weighted by atomic mass is 9.49. The van der Waals surface area contributed by atoms with Gasteiger partial charge in [-0.3, -0.25) is 9.69 Å². The van der Waals surface area contributed by atoms with Crippen LogP contribution in [0.1, 0.15) is 55.2 Å². The molecule has 2 aromatic rings. The Morgan fingerprint density at radius 3 is 2.45 bits per heavy atom. The van der Waals surface area contributed by atoms with Gasteiger partial charge in [0.05, 0.1) is 21.5 Å². The van der Waals surface area contributed by atoms with Crippen LogP contribution in [0.5, 0.6) is 0 Å². The van der Waals surface area contributed by atoms with E-state index in [-0.39, 0.29) is 16.7 Å². The van der Waals surface area contributed by atoms with Crippen LogP contribution in [0.15, 0.2) is 23.6 Å². The third-order valence-electron chi connectivity index (χ3n) is 7.40. The van der Waals surface area contributed by atoms with Crippen LogP contribution in [0, 0.1) is 17.8 Å². The average molecular weight is 465 g/mol. The summed E-state index contributed by atoms with van der Waals surface area (Å²) >= 11 is 15.9. The molecule has 3 nitrogen and oxygen atoms in total. The molecule has 0 N–H and O–H groups in total. The van der Waals surface area contributed by atoms with Crippen LogP contribution in [0.3, 0.4) is 0 Å². The lowest BCUT2D eigenvalue weighted by Crippen LogP contribution is -2.48. The van der Waals surface area contributed by atoms with E-state index in [2.05, 4.69) is 5.38 Å². The molecule has 152 valence electrons. The topological polar surface area (TPSA) is 33.2 Å². The van der Waals surface area contributed by atoms with Crippen molar-refractivity contribution in [1.82, 2.24) is 4.98 Å². The third-order valence-corrected chi connectivity index (χ3v) is 10.3. The number of carbonyl (C=O) groups excluding carboxylic acids is 1. The second-order valence-corrected chi connectivity index (χ2v) is 12.0. The Morgan fingerprint density at radius 1 is 1.07 bits per heavy atom. The van der Waals surface area contributed by atoms with E-state index in [4.69, 9.17) is 28.2 Å². The van der Waals surface area contributed by atoms with Crippen molar-refractivity contribution in [3.05, 3.63) is 44.9 Å². The molecule has 1 unspecified atom stereocenters. The van der Waals surface area contributed by atoms with E-state index in [0.717, 1.165) is 28.4 Å². The summed E-state index contributed by atoms with van der Waals surface area (Å²) in [5, 5.41) is 3.94. The van der Waals surface area contributed by atoms with Crippen molar-refractivity contribution in [2.24, 2.45) is 17.8 Å². The highest BCUT2D eigenvalue weighted by Gasteiger charge is 2.53. The van der Waals surface area contributed by atoms with Gasteiger partial charge < -0.3 is 0 Å². The van der Waals surface area contributed by atoms with Gasteiger partial charge in [-0.2, -0.15) is 0 Å². The number of hydrogen-bond acceptors (Lipinski definition) is 4. The molecule has 1 saturated heterocycles. The van der Waals surface area contributed by atoms with Gasteiger partial charge in [-0.15, -0.1) is 23.1 Å². The molecule has 2 heterocycles. The van der Waals surface area contributed by atoms with E-state index in [9.17, 15) is 4.79 Å². The van der Waals surface area contributed by atoms with Crippen molar-refractivity contribution in [3.63, 3.8) is 0 Å². The molecule has 4 bridgehead atoms. The molecule has 1 amide bonds. The minimum absolute atomic E-state index is 0.0995. The van der Waals surface area contributed by atoms with E-state index in [1.807, 2.05) is 17.0 Å². The molecule has 0 spiro atoms. The summed E-state index contributed by atoms with van der Waals surface area (Å²) in [7, 11) is 0. The van der Waals surface area contributed by atoms with E-state index in [0.29, 0.717) is 15.8 Å². The first-order valence-corrected chi connectivity index (χ1v) is 13.0. The quantitative estimate of drug-likeness (QED) is 0.506. The average Bonchev–Trinajstić information content (AvgIpc) is 3.30. The van der Waals surface area contributed by atoms with Gasteiger partial charge in [0.15, 0.2) is 5.13 Å². The zero-order chi connectivity index (χ0) is 19.8. The zero-order valence-electron chi connectivity index (χ0n) is 15.9. The van der Waals surface area contributed by atoms with Crippen molar-refractivity contribution in [2.75, 3.05) is 10.7 Å². The second kappa shape index (κ2) is 6.88. The van der Waals surface area contributed by atoms with Gasteiger partial charge in [0.25, 0.3) is 0 Å². The Balaban J connectivity index is 1.35. The van der Waals surface area contributed by atoms with Crippen LogP contribution in [-0.2, 0) is 10.2 Å². The lowest BCUT2D eigenvalue weighted by Gasteiger charge is -2.56. The van der Waals surface area contributed by atoms with Crippen LogP contribution in [0.25, 0.3) is 0 Å². The Hall–Kier alpha value is -0.750. The summed E-state index contributed by atoms with van der Waals surface area (Å²) in [5.41, 5.74) is 2.38. The zero-order valence-corrected chi connectivity index (χ0v) is 19.1. The number of thioether (sulfide) groups is 1. The predicted molar refractivity (Wildman–Crippen MR) is 121 cm³/mol. The maximum Gasteiger partial charge on any atom is 0.240 e. The van der Waals surface area contributed by atoms with Gasteiger partial charge in [0.2, 0.25) is 5.91 Å². The van der Waals surface area contributed by atoms with Crippen LogP contribution in [-0.4, -0.2) is 16.6 Å². The van der Waals surface area contributed by atoms with Crippen LogP contribution in [0.2, 0.25) is 10.0 Å². The van der Waals surface area contributed by atoms with E-state index in [1.54, 1.807) is 29.2 Å². The molecule has 5 fully saturated rings. The monoisotopic (exact) mass is 464 g/mol. The van der Waals surface area contributed by atoms with Crippen molar-refractivity contribution >= 4 is 57.3 Å². The van der Waals surface area contributed by atoms with Crippen LogP contribution >= 0.6 is 46.3 Å². The van der Waals surface area contributed by atoms with E-state index < -0.39 is 0 Å². The normalized spacial score (nSPS) is 35.7. The second-order valence-electron chi connectivity index (χ2n) is 9.28. The molecule has 1 aromatic heterocycles. The van der Waals surface area contributed by atoms with Gasteiger partial charge >= 0.3 is 0 Å². The molecule has 7 heteroatoms. The molecule has 1 atom stereocenters. The Bertz CT molecular complexity index is 956. The van der Waals surface area contributed by atoms with Crippen molar-refractivity contribution < 1.29 is 4.79 Å². The summed E-state index contributed by atoms with van der Waals surface area (Å²) in [4.78, 5) is 19.7. The number of carbonyl (C=O) groups is 1. The number of nitrogens with zero attached hydrogens (tertiary/aromatic N) is 2. The third kappa shape index (κ3) is 2.99. The van der Waals surface area contributed by atoms with Gasteiger partial charge in [-0.25, -0.2) is 4.98 Å². The number of aromatic nitrogens is 1. The smallest absolute Gasteiger partial charge is 0.240 e. The standard InChI is InChI=1S/C22H22Cl2N2OS2/c23-16-3-1-2-15(19(16)24)20-26(18(27)11-28-20)21-25-17(10-29-21)22-7-12-4-13(8-22)6-14(5-12)9-22/h1-3,10,12-14,20H,4-9,11H2. The van der Waals surface area contributed by atoms with Gasteiger partial charge in [-0.05, 0) is 62.3 Å². The number of halogens is 2. The van der Waals surface area contributed by atoms with Crippen molar-refractivity contribution in [1.29, 1.82) is 0 Å². The molecule has 0 radical (unpaired) electrons. The maximum absolute atomic E-state index is 12.8. The fourth-order valence-electron chi connectivity index (χ4n) is 6.61. The largest absolute Gasteiger partial charge is 0.273 e. The minimum atomic E-state index is -0.163. The molecular formula is C22H22Cl2N2OS2. The highest BCUT2D eigenvalue weighted by Crippen LogP contribution is 2.61. The minimum Gasteiger partial charge on any atom is -0.273 e. The molecule has 4 saturated carbocycles. The fraction of sp³-hybridized carbons (Fsp3) is 0.545. The summed E-state index contributed by atoms with van der Waals surface area (Å²) in [6.45, 7) is 0. The van der Waals surface area contributed by atoms with E-state index in [1.165, 1.54) is 44.2 Å². The summed E-state index contributed by atoms with van der Waals surface area (Å²) in [5.74, 6) is 3.19. The Labute approximate surface area is 189 Å². The highest BCUT2D eigenvalue weighted by molar-refractivity contribution is 8.00. The van der Waals surface area contributed by atoms with Crippen LogP contribution in [0.4, 0.5) is 5.13 Å². The van der Waals surface area contributed by atoms with Crippen LogP contribution < -0.4 is 4.90 Å². The van der Waals surface area contributed by atoms with Gasteiger partial charge in [0.1, 0.15) is 5.37 Å². The highest BCUT2D eigenvalue weighted by atomic mass is 35.5. The number of thiazole rings is 1. The van der Waals surface area contributed by atoms with Crippen molar-refractivity contribution in [3.8, 4) is 0 Å².